The maximum absolute atomic E-state index is 10.7. The molecule has 0 heterocycles. The summed E-state index contributed by atoms with van der Waals surface area (Å²) in [7, 11) is 0. The van der Waals surface area contributed by atoms with E-state index in [0.29, 0.717) is 11.1 Å². The Bertz CT molecular complexity index is 444. The number of nitriles is 1. The molecule has 3 heteroatoms. The molecule has 0 unspecified atom stereocenters. The molecule has 0 amide bonds. The highest BCUT2D eigenvalue weighted by atomic mass is 16.4. The van der Waals surface area contributed by atoms with E-state index >= 15 is 0 Å². The predicted octanol–water partition coefficient (Wildman–Crippen LogP) is 2.31. The first-order chi connectivity index (χ1) is 7.62. The Kier molecular flexibility index (Phi) is 4.07. The monoisotopic (exact) mass is 217 g/mol. The minimum atomic E-state index is -0.896. The van der Waals surface area contributed by atoms with E-state index in [2.05, 4.69) is 6.07 Å². The SMILES string of the molecule is CCc1cc(CC)c(C#N)c(CC(=O)O)c1. The Labute approximate surface area is 95.3 Å². The molecule has 1 rings (SSSR count). The van der Waals surface area contributed by atoms with Crippen LogP contribution in [-0.4, -0.2) is 11.1 Å². The fraction of sp³-hybridized carbons (Fsp3) is 0.385. The van der Waals surface area contributed by atoms with Gasteiger partial charge in [0.1, 0.15) is 0 Å². The van der Waals surface area contributed by atoms with E-state index in [9.17, 15) is 4.79 Å². The van der Waals surface area contributed by atoms with Gasteiger partial charge in [0.05, 0.1) is 18.1 Å². The zero-order chi connectivity index (χ0) is 12.1. The lowest BCUT2D eigenvalue weighted by molar-refractivity contribution is -0.136. The van der Waals surface area contributed by atoms with Crippen LogP contribution in [0.3, 0.4) is 0 Å². The molecule has 0 aromatic heterocycles. The molecular weight excluding hydrogens is 202 g/mol. The molecule has 84 valence electrons. The molecule has 3 nitrogen and oxygen atoms in total. The third-order valence-corrected chi connectivity index (χ3v) is 2.60. The molecule has 0 saturated carbocycles. The average molecular weight is 217 g/mol. The standard InChI is InChI=1S/C13H15NO2/c1-3-9-5-10(4-2)12(8-14)11(6-9)7-13(15)16/h5-6H,3-4,7H2,1-2H3,(H,15,16). The fourth-order valence-corrected chi connectivity index (χ4v) is 1.77. The molecule has 0 saturated heterocycles. The number of aryl methyl sites for hydroxylation is 2. The van der Waals surface area contributed by atoms with E-state index in [4.69, 9.17) is 10.4 Å². The van der Waals surface area contributed by atoms with Gasteiger partial charge in [-0.05, 0) is 29.5 Å². The Morgan fingerprint density at radius 2 is 1.94 bits per heavy atom. The number of hydrogen-bond donors (Lipinski definition) is 1. The van der Waals surface area contributed by atoms with Crippen LogP contribution >= 0.6 is 0 Å². The lowest BCUT2D eigenvalue weighted by Gasteiger charge is -2.09. The second kappa shape index (κ2) is 5.32. The average Bonchev–Trinajstić information content (AvgIpc) is 2.27. The predicted molar refractivity (Wildman–Crippen MR) is 61.3 cm³/mol. The van der Waals surface area contributed by atoms with E-state index < -0.39 is 5.97 Å². The van der Waals surface area contributed by atoms with Gasteiger partial charge < -0.3 is 5.11 Å². The Morgan fingerprint density at radius 3 is 2.38 bits per heavy atom. The van der Waals surface area contributed by atoms with Crippen molar-refractivity contribution in [2.75, 3.05) is 0 Å². The van der Waals surface area contributed by atoms with Crippen LogP contribution in [0.25, 0.3) is 0 Å². The number of nitrogens with zero attached hydrogens (tertiary/aromatic N) is 1. The van der Waals surface area contributed by atoms with Crippen molar-refractivity contribution in [3.8, 4) is 6.07 Å². The largest absolute Gasteiger partial charge is 0.481 e. The zero-order valence-corrected chi connectivity index (χ0v) is 9.58. The van der Waals surface area contributed by atoms with Gasteiger partial charge in [0.15, 0.2) is 0 Å². The maximum atomic E-state index is 10.7. The maximum Gasteiger partial charge on any atom is 0.307 e. The molecule has 0 spiro atoms. The van der Waals surface area contributed by atoms with Crippen molar-refractivity contribution >= 4 is 5.97 Å². The van der Waals surface area contributed by atoms with Crippen LogP contribution in [0.2, 0.25) is 0 Å². The molecule has 0 aliphatic heterocycles. The summed E-state index contributed by atoms with van der Waals surface area (Å²) < 4.78 is 0. The van der Waals surface area contributed by atoms with Gasteiger partial charge in [-0.15, -0.1) is 0 Å². The molecule has 0 bridgehead atoms. The van der Waals surface area contributed by atoms with Crippen molar-refractivity contribution in [2.24, 2.45) is 0 Å². The van der Waals surface area contributed by atoms with Crippen LogP contribution in [0, 0.1) is 11.3 Å². The van der Waals surface area contributed by atoms with Crippen LogP contribution in [0.15, 0.2) is 12.1 Å². The number of rotatable bonds is 4. The summed E-state index contributed by atoms with van der Waals surface area (Å²) in [6, 6.07) is 5.92. The first-order valence-electron chi connectivity index (χ1n) is 5.38. The number of hydrogen-bond acceptors (Lipinski definition) is 2. The van der Waals surface area contributed by atoms with Crippen LogP contribution in [0.1, 0.15) is 36.1 Å². The molecule has 0 fully saturated rings. The van der Waals surface area contributed by atoms with Gasteiger partial charge in [0.25, 0.3) is 0 Å². The van der Waals surface area contributed by atoms with Crippen molar-refractivity contribution in [3.63, 3.8) is 0 Å². The Hall–Kier alpha value is -1.82. The van der Waals surface area contributed by atoms with E-state index in [1.165, 1.54) is 0 Å². The quantitative estimate of drug-likeness (QED) is 0.841. The molecule has 16 heavy (non-hydrogen) atoms. The van der Waals surface area contributed by atoms with Crippen molar-refractivity contribution in [3.05, 3.63) is 34.4 Å². The first-order valence-corrected chi connectivity index (χ1v) is 5.38. The summed E-state index contributed by atoms with van der Waals surface area (Å²) in [5.41, 5.74) is 3.19. The van der Waals surface area contributed by atoms with Gasteiger partial charge in [0, 0.05) is 0 Å². The van der Waals surface area contributed by atoms with Crippen LogP contribution in [-0.2, 0) is 24.1 Å². The summed E-state index contributed by atoms with van der Waals surface area (Å²) >= 11 is 0. The molecule has 0 aliphatic carbocycles. The zero-order valence-electron chi connectivity index (χ0n) is 9.58. The molecule has 1 N–H and O–H groups in total. The summed E-state index contributed by atoms with van der Waals surface area (Å²) in [4.78, 5) is 10.7. The highest BCUT2D eigenvalue weighted by Gasteiger charge is 2.11. The number of carboxylic acid groups (broad SMARTS) is 1. The van der Waals surface area contributed by atoms with Gasteiger partial charge in [-0.3, -0.25) is 4.79 Å². The van der Waals surface area contributed by atoms with Crippen LogP contribution in [0.4, 0.5) is 0 Å². The van der Waals surface area contributed by atoms with Gasteiger partial charge in [-0.2, -0.15) is 5.26 Å². The summed E-state index contributed by atoms with van der Waals surface area (Å²) in [5.74, 6) is -0.896. The highest BCUT2D eigenvalue weighted by molar-refractivity contribution is 5.72. The fourth-order valence-electron chi connectivity index (χ4n) is 1.77. The molecule has 0 aliphatic rings. The van der Waals surface area contributed by atoms with Crippen LogP contribution in [0.5, 0.6) is 0 Å². The first kappa shape index (κ1) is 12.3. The van der Waals surface area contributed by atoms with Gasteiger partial charge >= 0.3 is 5.97 Å². The smallest absolute Gasteiger partial charge is 0.307 e. The lowest BCUT2D eigenvalue weighted by atomic mass is 9.94. The topological polar surface area (TPSA) is 61.1 Å². The van der Waals surface area contributed by atoms with Gasteiger partial charge in [-0.1, -0.05) is 26.0 Å². The second-order valence-electron chi connectivity index (χ2n) is 3.68. The van der Waals surface area contributed by atoms with Crippen LogP contribution < -0.4 is 0 Å². The van der Waals surface area contributed by atoms with Crippen molar-refractivity contribution in [1.29, 1.82) is 5.26 Å². The summed E-state index contributed by atoms with van der Waals surface area (Å²) in [6.07, 6.45) is 1.53. The molecule has 0 atom stereocenters. The number of aliphatic carboxylic acids is 1. The number of benzene rings is 1. The number of carboxylic acids is 1. The van der Waals surface area contributed by atoms with Gasteiger partial charge in [0.2, 0.25) is 0 Å². The summed E-state index contributed by atoms with van der Waals surface area (Å²) in [5, 5.41) is 17.9. The molecular formula is C13H15NO2. The molecule has 1 aromatic carbocycles. The minimum absolute atomic E-state index is 0.0796. The van der Waals surface area contributed by atoms with Crippen molar-refractivity contribution in [2.45, 2.75) is 33.1 Å². The number of carbonyl (C=O) groups is 1. The summed E-state index contributed by atoms with van der Waals surface area (Å²) in [6.45, 7) is 3.99. The van der Waals surface area contributed by atoms with E-state index in [1.54, 1.807) is 0 Å². The normalized spacial score (nSPS) is 9.81. The van der Waals surface area contributed by atoms with E-state index in [0.717, 1.165) is 24.0 Å². The second-order valence-corrected chi connectivity index (χ2v) is 3.68. The Morgan fingerprint density at radius 1 is 1.31 bits per heavy atom. The van der Waals surface area contributed by atoms with E-state index in [-0.39, 0.29) is 6.42 Å². The lowest BCUT2D eigenvalue weighted by Crippen LogP contribution is -2.05. The third kappa shape index (κ3) is 2.60. The Balaban J connectivity index is 3.32. The molecule has 1 aromatic rings. The minimum Gasteiger partial charge on any atom is -0.481 e. The highest BCUT2D eigenvalue weighted by Crippen LogP contribution is 2.19. The molecule has 0 radical (unpaired) electrons. The van der Waals surface area contributed by atoms with Crippen molar-refractivity contribution in [1.82, 2.24) is 0 Å². The van der Waals surface area contributed by atoms with E-state index in [1.807, 2.05) is 26.0 Å². The third-order valence-electron chi connectivity index (χ3n) is 2.60. The van der Waals surface area contributed by atoms with Gasteiger partial charge in [-0.25, -0.2) is 0 Å². The van der Waals surface area contributed by atoms with Crippen molar-refractivity contribution < 1.29 is 9.90 Å².